The molecule has 10 heteroatoms. The monoisotopic (exact) mass is 467 g/mol. The van der Waals surface area contributed by atoms with E-state index in [0.29, 0.717) is 28.7 Å². The fourth-order valence-corrected chi connectivity index (χ4v) is 4.79. The van der Waals surface area contributed by atoms with Crippen LogP contribution in [0.3, 0.4) is 0 Å². The zero-order valence-corrected chi connectivity index (χ0v) is 17.7. The van der Waals surface area contributed by atoms with E-state index >= 15 is 0 Å². The summed E-state index contributed by atoms with van der Waals surface area (Å²) in [5.41, 5.74) is -2.89. The molecule has 2 aliphatic rings. The number of nitriles is 1. The van der Waals surface area contributed by atoms with Crippen molar-refractivity contribution in [3.05, 3.63) is 68.7 Å². The molecule has 0 N–H and O–H groups in total. The normalized spacial score (nSPS) is 17.0. The summed E-state index contributed by atoms with van der Waals surface area (Å²) in [6, 6.07) is 9.26. The molecule has 5 nitrogen and oxygen atoms in total. The molecule has 0 aliphatic heterocycles. The smallest absolute Gasteiger partial charge is 0.374 e. The first-order chi connectivity index (χ1) is 14.3. The Hall–Kier alpha value is -2.83. The molecule has 0 bridgehead atoms. The Bertz CT molecular complexity index is 1350. The van der Waals surface area contributed by atoms with Gasteiger partial charge >= 0.3 is 15.6 Å². The third-order valence-electron chi connectivity index (χ3n) is 5.63. The molecule has 0 heterocycles. The van der Waals surface area contributed by atoms with Gasteiger partial charge < -0.3 is 4.18 Å². The van der Waals surface area contributed by atoms with Crippen LogP contribution in [0.25, 0.3) is 5.57 Å². The zero-order valence-electron chi connectivity index (χ0n) is 16.1. The Kier molecular flexibility index (Phi) is 4.54. The maximum atomic E-state index is 13.3. The van der Waals surface area contributed by atoms with E-state index in [1.54, 1.807) is 32.0 Å². The number of benzene rings is 2. The number of hydrogen-bond donors (Lipinski definition) is 0. The number of nitrogens with zero attached hydrogens (tertiary/aromatic N) is 1. The van der Waals surface area contributed by atoms with Crippen molar-refractivity contribution >= 4 is 33.1 Å². The molecule has 2 aromatic rings. The number of hydrogen-bond acceptors (Lipinski definition) is 5. The third-order valence-corrected chi connectivity index (χ3v) is 6.89. The van der Waals surface area contributed by atoms with Gasteiger partial charge in [-0.25, -0.2) is 0 Å². The molecule has 0 amide bonds. The highest BCUT2D eigenvalue weighted by molar-refractivity contribution is 7.88. The van der Waals surface area contributed by atoms with Crippen molar-refractivity contribution in [3.63, 3.8) is 0 Å². The van der Waals surface area contributed by atoms with Gasteiger partial charge in [-0.2, -0.15) is 26.9 Å². The van der Waals surface area contributed by atoms with Crippen LogP contribution in [-0.4, -0.2) is 19.7 Å². The summed E-state index contributed by atoms with van der Waals surface area (Å²) >= 11 is 6.00. The van der Waals surface area contributed by atoms with Crippen LogP contribution in [0.15, 0.2) is 35.9 Å². The lowest BCUT2D eigenvalue weighted by atomic mass is 9.68. The van der Waals surface area contributed by atoms with Gasteiger partial charge in [-0.1, -0.05) is 31.5 Å². The van der Waals surface area contributed by atoms with Gasteiger partial charge in [0.1, 0.15) is 0 Å². The molecule has 31 heavy (non-hydrogen) atoms. The third kappa shape index (κ3) is 3.13. The first-order valence-corrected chi connectivity index (χ1v) is 10.7. The van der Waals surface area contributed by atoms with Crippen LogP contribution in [0.5, 0.6) is 5.75 Å². The predicted molar refractivity (Wildman–Crippen MR) is 106 cm³/mol. The number of rotatable bonds is 2. The highest BCUT2D eigenvalue weighted by Gasteiger charge is 2.49. The SMILES string of the molecule is CC1(C)C2=C(C(=O)c3cc(Cl)c(OS(=O)(=O)C(F)(F)F)cc31)c1ccc(C#N)cc1C2. The number of Topliss-reactive ketones (excluding diaryl/α,β-unsaturated/α-hetero) is 1. The summed E-state index contributed by atoms with van der Waals surface area (Å²) in [5, 5.41) is 8.71. The lowest BCUT2D eigenvalue weighted by Gasteiger charge is -2.34. The van der Waals surface area contributed by atoms with E-state index in [0.717, 1.165) is 23.3 Å². The molecule has 0 saturated heterocycles. The predicted octanol–water partition coefficient (Wildman–Crippen LogP) is 4.92. The van der Waals surface area contributed by atoms with E-state index in [1.807, 2.05) is 6.07 Å². The average Bonchev–Trinajstić information content (AvgIpc) is 3.06. The molecule has 0 atom stereocenters. The van der Waals surface area contributed by atoms with Crippen molar-refractivity contribution in [2.24, 2.45) is 0 Å². The molecule has 4 rings (SSSR count). The molecule has 160 valence electrons. The zero-order chi connectivity index (χ0) is 22.9. The average molecular weight is 468 g/mol. The maximum Gasteiger partial charge on any atom is 0.534 e. The fourth-order valence-electron chi connectivity index (χ4n) is 4.07. The number of halogens is 4. The van der Waals surface area contributed by atoms with Gasteiger partial charge in [0.2, 0.25) is 0 Å². The van der Waals surface area contributed by atoms with Crippen molar-refractivity contribution in [3.8, 4) is 11.8 Å². The quantitative estimate of drug-likeness (QED) is 0.462. The van der Waals surface area contributed by atoms with Crippen LogP contribution >= 0.6 is 11.6 Å². The lowest BCUT2D eigenvalue weighted by Crippen LogP contribution is -2.31. The molecular formula is C21H13ClF3NO4S. The minimum Gasteiger partial charge on any atom is -0.374 e. The number of allylic oxidation sites excluding steroid dienone is 2. The van der Waals surface area contributed by atoms with Crippen molar-refractivity contribution in [2.75, 3.05) is 0 Å². The lowest BCUT2D eigenvalue weighted by molar-refractivity contribution is -0.0500. The second-order valence-corrected chi connectivity index (χ2v) is 9.72. The summed E-state index contributed by atoms with van der Waals surface area (Å²) in [6.45, 7) is 3.56. The first-order valence-electron chi connectivity index (χ1n) is 8.94. The van der Waals surface area contributed by atoms with Gasteiger partial charge in [-0.3, -0.25) is 4.79 Å². The van der Waals surface area contributed by atoms with Crippen molar-refractivity contribution in [2.45, 2.75) is 31.2 Å². The minimum absolute atomic E-state index is 0.155. The van der Waals surface area contributed by atoms with Crippen molar-refractivity contribution in [1.82, 2.24) is 0 Å². The van der Waals surface area contributed by atoms with E-state index in [4.69, 9.17) is 16.9 Å². The number of alkyl halides is 3. The Morgan fingerprint density at radius 2 is 1.84 bits per heavy atom. The minimum atomic E-state index is -5.93. The number of ketones is 1. The van der Waals surface area contributed by atoms with Crippen LogP contribution in [0, 0.1) is 11.3 Å². The Balaban J connectivity index is 1.86. The summed E-state index contributed by atoms with van der Waals surface area (Å²) in [6.07, 6.45) is 0.373. The van der Waals surface area contributed by atoms with Gasteiger partial charge in [-0.15, -0.1) is 0 Å². The second-order valence-electron chi connectivity index (χ2n) is 7.78. The van der Waals surface area contributed by atoms with Crippen molar-refractivity contribution in [1.29, 1.82) is 5.26 Å². The first kappa shape index (κ1) is 21.4. The summed E-state index contributed by atoms with van der Waals surface area (Å²) in [5.74, 6) is -1.08. The Morgan fingerprint density at radius 3 is 2.45 bits per heavy atom. The topological polar surface area (TPSA) is 84.2 Å². The molecule has 0 aromatic heterocycles. The molecule has 2 aliphatic carbocycles. The summed E-state index contributed by atoms with van der Waals surface area (Å²) in [7, 11) is -5.93. The standard InChI is InChI=1S/C21H13ClF3NO4S/c1-20(2)14-8-17(30-31(28,29)21(23,24)25)16(22)7-13(14)19(27)18-12-4-3-10(9-26)5-11(12)6-15(18)20/h3-5,7-8H,6H2,1-2H3. The molecular weight excluding hydrogens is 455 g/mol. The van der Waals surface area contributed by atoms with E-state index < -0.39 is 31.8 Å². The molecule has 0 spiro atoms. The van der Waals surface area contributed by atoms with Crippen LogP contribution < -0.4 is 4.18 Å². The van der Waals surface area contributed by atoms with Gasteiger partial charge in [0.25, 0.3) is 0 Å². The summed E-state index contributed by atoms with van der Waals surface area (Å²) in [4.78, 5) is 13.3. The highest BCUT2D eigenvalue weighted by Crippen LogP contribution is 2.51. The second kappa shape index (κ2) is 6.58. The van der Waals surface area contributed by atoms with E-state index in [9.17, 15) is 26.4 Å². The largest absolute Gasteiger partial charge is 0.534 e. The Labute approximate surface area is 180 Å². The molecule has 2 aromatic carbocycles. The van der Waals surface area contributed by atoms with E-state index in [1.165, 1.54) is 0 Å². The number of carbonyl (C=O) groups is 1. The highest BCUT2D eigenvalue weighted by atomic mass is 35.5. The Morgan fingerprint density at radius 1 is 1.16 bits per heavy atom. The van der Waals surface area contributed by atoms with Crippen LogP contribution in [0.1, 0.15) is 46.5 Å². The van der Waals surface area contributed by atoms with Crippen LogP contribution in [0.4, 0.5) is 13.2 Å². The molecule has 0 fully saturated rings. The van der Waals surface area contributed by atoms with Crippen LogP contribution in [0.2, 0.25) is 5.02 Å². The molecule has 0 saturated carbocycles. The van der Waals surface area contributed by atoms with Crippen LogP contribution in [-0.2, 0) is 22.0 Å². The van der Waals surface area contributed by atoms with E-state index in [2.05, 4.69) is 4.18 Å². The number of fused-ring (bicyclic) bond motifs is 3. The van der Waals surface area contributed by atoms with Crippen molar-refractivity contribution < 1.29 is 30.6 Å². The maximum absolute atomic E-state index is 13.3. The molecule has 0 radical (unpaired) electrons. The van der Waals surface area contributed by atoms with Gasteiger partial charge in [-0.05, 0) is 52.9 Å². The fraction of sp³-hybridized carbons (Fsp3) is 0.238. The summed E-state index contributed by atoms with van der Waals surface area (Å²) < 4.78 is 65.4. The number of carbonyl (C=O) groups excluding carboxylic acids is 1. The van der Waals surface area contributed by atoms with Gasteiger partial charge in [0.15, 0.2) is 11.5 Å². The van der Waals surface area contributed by atoms with Gasteiger partial charge in [0.05, 0.1) is 16.7 Å². The molecule has 0 unspecified atom stereocenters. The van der Waals surface area contributed by atoms with Gasteiger partial charge in [0, 0.05) is 16.6 Å². The van der Waals surface area contributed by atoms with E-state index in [-0.39, 0.29) is 11.3 Å².